The molecule has 2 aromatic heterocycles. The number of furan rings is 1. The zero-order valence-corrected chi connectivity index (χ0v) is 11.3. The second-order valence-corrected chi connectivity index (χ2v) is 4.68. The molecule has 0 aliphatic heterocycles. The molecular weight excluding hydrogens is 317 g/mol. The molecule has 0 atom stereocenters. The Balaban J connectivity index is 1.69. The molecule has 2 aromatic rings. The third kappa shape index (κ3) is 3.34. The quantitative estimate of drug-likeness (QED) is 0.673. The number of aromatic nitrogens is 2. The van der Waals surface area contributed by atoms with E-state index < -0.39 is 0 Å². The van der Waals surface area contributed by atoms with Crippen LogP contribution in [0.5, 0.6) is 0 Å². The van der Waals surface area contributed by atoms with E-state index in [1.54, 1.807) is 0 Å². The summed E-state index contributed by atoms with van der Waals surface area (Å²) in [6.07, 6.45) is 2.91. The molecule has 2 heterocycles. The molecule has 0 aliphatic carbocycles. The molecule has 2 rings (SSSR count). The highest BCUT2D eigenvalue weighted by atomic mass is 127. The number of hydrogen-bond acceptors (Lipinski definition) is 3. The van der Waals surface area contributed by atoms with Crippen molar-refractivity contribution in [3.8, 4) is 0 Å². The monoisotopic (exact) mass is 331 g/mol. The van der Waals surface area contributed by atoms with E-state index in [4.69, 9.17) is 4.42 Å². The van der Waals surface area contributed by atoms with Crippen LogP contribution in [0.1, 0.15) is 11.5 Å². The van der Waals surface area contributed by atoms with Gasteiger partial charge in [-0.1, -0.05) is 0 Å². The molecule has 16 heavy (non-hydrogen) atoms. The predicted octanol–water partition coefficient (Wildman–Crippen LogP) is 1.95. The normalized spacial score (nSPS) is 10.9. The van der Waals surface area contributed by atoms with Gasteiger partial charge in [0.2, 0.25) is 0 Å². The van der Waals surface area contributed by atoms with Gasteiger partial charge in [0.25, 0.3) is 0 Å². The summed E-state index contributed by atoms with van der Waals surface area (Å²) in [7, 11) is 1.93. The molecule has 4 nitrogen and oxygen atoms in total. The first kappa shape index (κ1) is 11.7. The summed E-state index contributed by atoms with van der Waals surface area (Å²) >= 11 is 2.17. The highest BCUT2D eigenvalue weighted by Gasteiger charge is 1.99. The highest BCUT2D eigenvalue weighted by molar-refractivity contribution is 14.1. The van der Waals surface area contributed by atoms with Crippen LogP contribution in [0, 0.1) is 3.77 Å². The molecule has 1 N–H and O–H groups in total. The molecule has 0 aromatic carbocycles. The lowest BCUT2D eigenvalue weighted by atomic mass is 10.3. The summed E-state index contributed by atoms with van der Waals surface area (Å²) in [4.78, 5) is 0. The van der Waals surface area contributed by atoms with Crippen molar-refractivity contribution in [2.24, 2.45) is 7.05 Å². The van der Waals surface area contributed by atoms with Crippen molar-refractivity contribution in [2.45, 2.75) is 13.0 Å². The lowest BCUT2D eigenvalue weighted by molar-refractivity contribution is 0.463. The highest BCUT2D eigenvalue weighted by Crippen LogP contribution is 2.09. The molecule has 86 valence electrons. The van der Waals surface area contributed by atoms with Crippen LogP contribution in [0.15, 0.2) is 28.8 Å². The average molecular weight is 331 g/mol. The van der Waals surface area contributed by atoms with Crippen molar-refractivity contribution in [2.75, 3.05) is 6.54 Å². The molecular formula is C11H14IN3O. The Morgan fingerprint density at radius 2 is 2.31 bits per heavy atom. The smallest absolute Gasteiger partial charge is 0.164 e. The number of hydrogen-bond donors (Lipinski definition) is 1. The average Bonchev–Trinajstić information content (AvgIpc) is 2.83. The van der Waals surface area contributed by atoms with E-state index in [1.165, 1.54) is 0 Å². The fourth-order valence-electron chi connectivity index (χ4n) is 1.47. The summed E-state index contributed by atoms with van der Waals surface area (Å²) in [6.45, 7) is 1.68. The van der Waals surface area contributed by atoms with Gasteiger partial charge in [0.15, 0.2) is 3.77 Å². The van der Waals surface area contributed by atoms with Gasteiger partial charge < -0.3 is 9.73 Å². The third-order valence-corrected chi connectivity index (χ3v) is 2.83. The van der Waals surface area contributed by atoms with E-state index in [2.05, 4.69) is 33.0 Å². The minimum Gasteiger partial charge on any atom is -0.454 e. The Kier molecular flexibility index (Phi) is 4.00. The number of nitrogens with zero attached hydrogens (tertiary/aromatic N) is 2. The molecule has 0 unspecified atom stereocenters. The van der Waals surface area contributed by atoms with Gasteiger partial charge in [-0.15, -0.1) is 0 Å². The van der Waals surface area contributed by atoms with Crippen LogP contribution < -0.4 is 5.32 Å². The zero-order valence-electron chi connectivity index (χ0n) is 9.11. The number of halogens is 1. The van der Waals surface area contributed by atoms with E-state index in [0.717, 1.165) is 34.7 Å². The number of nitrogens with one attached hydrogen (secondary N) is 1. The largest absolute Gasteiger partial charge is 0.454 e. The fourth-order valence-corrected chi connectivity index (χ4v) is 1.93. The van der Waals surface area contributed by atoms with Crippen LogP contribution >= 0.6 is 22.6 Å². The van der Waals surface area contributed by atoms with Crippen molar-refractivity contribution in [3.63, 3.8) is 0 Å². The van der Waals surface area contributed by atoms with Gasteiger partial charge in [-0.25, -0.2) is 0 Å². The van der Waals surface area contributed by atoms with E-state index in [0.29, 0.717) is 0 Å². The van der Waals surface area contributed by atoms with Gasteiger partial charge in [0, 0.05) is 26.2 Å². The molecule has 0 fully saturated rings. The summed E-state index contributed by atoms with van der Waals surface area (Å²) in [5.41, 5.74) is 1.11. The van der Waals surface area contributed by atoms with Gasteiger partial charge in [0.05, 0.1) is 12.2 Å². The zero-order chi connectivity index (χ0) is 11.4. The van der Waals surface area contributed by atoms with Gasteiger partial charge >= 0.3 is 0 Å². The van der Waals surface area contributed by atoms with Crippen LogP contribution in [0.25, 0.3) is 0 Å². The topological polar surface area (TPSA) is 43.0 Å². The number of rotatable bonds is 5. The fraction of sp³-hybridized carbons (Fsp3) is 0.364. The van der Waals surface area contributed by atoms with Crippen LogP contribution in [-0.4, -0.2) is 16.3 Å². The molecule has 0 aliphatic rings. The molecule has 5 heteroatoms. The Labute approximate surface area is 108 Å². The standard InChI is InChI=1S/C11H14IN3O/c1-15-7-5-9(14-15)4-6-13-8-10-2-3-11(12)16-10/h2-3,5,7,13H,4,6,8H2,1H3. The maximum absolute atomic E-state index is 5.44. The first-order valence-corrected chi connectivity index (χ1v) is 6.25. The molecule has 0 amide bonds. The summed E-state index contributed by atoms with van der Waals surface area (Å²) in [5, 5.41) is 7.64. The van der Waals surface area contributed by atoms with Gasteiger partial charge in [-0.05, 0) is 40.8 Å². The van der Waals surface area contributed by atoms with Crippen LogP contribution in [-0.2, 0) is 20.0 Å². The molecule has 0 saturated carbocycles. The summed E-state index contributed by atoms with van der Waals surface area (Å²) in [6, 6.07) is 6.00. The maximum Gasteiger partial charge on any atom is 0.164 e. The first-order chi connectivity index (χ1) is 7.74. The lowest BCUT2D eigenvalue weighted by Crippen LogP contribution is -2.16. The van der Waals surface area contributed by atoms with E-state index in [1.807, 2.05) is 36.1 Å². The Morgan fingerprint density at radius 3 is 2.94 bits per heavy atom. The van der Waals surface area contributed by atoms with Crippen molar-refractivity contribution < 1.29 is 4.42 Å². The van der Waals surface area contributed by atoms with Gasteiger partial charge in [-0.2, -0.15) is 5.10 Å². The Hall–Kier alpha value is -0.820. The molecule has 0 bridgehead atoms. The van der Waals surface area contributed by atoms with E-state index in [9.17, 15) is 0 Å². The predicted molar refractivity (Wildman–Crippen MR) is 70.0 cm³/mol. The Bertz CT molecular complexity index is 407. The van der Waals surface area contributed by atoms with Gasteiger partial charge in [-0.3, -0.25) is 4.68 Å². The summed E-state index contributed by atoms with van der Waals surface area (Å²) in [5.74, 6) is 0.977. The maximum atomic E-state index is 5.44. The second kappa shape index (κ2) is 5.49. The summed E-state index contributed by atoms with van der Waals surface area (Å²) < 4.78 is 8.20. The van der Waals surface area contributed by atoms with E-state index in [-0.39, 0.29) is 0 Å². The van der Waals surface area contributed by atoms with Crippen LogP contribution in [0.2, 0.25) is 0 Å². The van der Waals surface area contributed by atoms with E-state index >= 15 is 0 Å². The minimum atomic E-state index is 0.774. The number of aryl methyl sites for hydroxylation is 1. The van der Waals surface area contributed by atoms with Crippen molar-refractivity contribution in [3.05, 3.63) is 39.6 Å². The molecule has 0 spiro atoms. The molecule has 0 saturated heterocycles. The van der Waals surface area contributed by atoms with Gasteiger partial charge in [0.1, 0.15) is 5.76 Å². The van der Waals surface area contributed by atoms with Crippen LogP contribution in [0.3, 0.4) is 0 Å². The second-order valence-electron chi connectivity index (χ2n) is 3.61. The molecule has 0 radical (unpaired) electrons. The third-order valence-electron chi connectivity index (χ3n) is 2.25. The SMILES string of the molecule is Cn1ccc(CCNCc2ccc(I)o2)n1. The Morgan fingerprint density at radius 1 is 1.44 bits per heavy atom. The van der Waals surface area contributed by atoms with Crippen molar-refractivity contribution in [1.29, 1.82) is 0 Å². The first-order valence-electron chi connectivity index (χ1n) is 5.17. The van der Waals surface area contributed by atoms with Crippen LogP contribution in [0.4, 0.5) is 0 Å². The van der Waals surface area contributed by atoms with Crippen molar-refractivity contribution in [1.82, 2.24) is 15.1 Å². The van der Waals surface area contributed by atoms with Crippen molar-refractivity contribution >= 4 is 22.6 Å². The minimum absolute atomic E-state index is 0.774. The lowest BCUT2D eigenvalue weighted by Gasteiger charge is -2.00.